The summed E-state index contributed by atoms with van der Waals surface area (Å²) in [6, 6.07) is 10.5. The van der Waals surface area contributed by atoms with Gasteiger partial charge in [-0.1, -0.05) is 87.4 Å². The molecule has 0 heterocycles. The zero-order chi connectivity index (χ0) is 17.0. The molecular weight excluding hydrogens is 337 g/mol. The molecule has 1 rings (SSSR count). The molecule has 0 bridgehead atoms. The van der Waals surface area contributed by atoms with E-state index >= 15 is 0 Å². The van der Waals surface area contributed by atoms with E-state index in [9.17, 15) is 0 Å². The minimum Gasteiger partial charge on any atom is -1.00 e. The summed E-state index contributed by atoms with van der Waals surface area (Å²) in [5.74, 6) is 0.830. The Balaban J connectivity index is 0. The lowest BCUT2D eigenvalue weighted by Crippen LogP contribution is -3.00. The van der Waals surface area contributed by atoms with Gasteiger partial charge in [0.1, 0.15) is 0 Å². The van der Waals surface area contributed by atoms with E-state index in [1.807, 2.05) is 19.4 Å². The van der Waals surface area contributed by atoms with Gasteiger partial charge in [-0.2, -0.15) is 0 Å². The molecule has 0 aliphatic carbocycles. The van der Waals surface area contributed by atoms with Crippen LogP contribution in [0, 0.1) is 0 Å². The van der Waals surface area contributed by atoms with Crippen LogP contribution in [0.2, 0.25) is 0 Å². The molecule has 3 heteroatoms. The van der Waals surface area contributed by atoms with Crippen molar-refractivity contribution in [2.45, 2.75) is 64.2 Å². The Hall–Kier alpha value is -0.500. The van der Waals surface area contributed by atoms with Crippen LogP contribution in [0.25, 0.3) is 6.08 Å². The van der Waals surface area contributed by atoms with Crippen LogP contribution in [0.1, 0.15) is 69.8 Å². The van der Waals surface area contributed by atoms with Crippen molar-refractivity contribution in [3.05, 3.63) is 42.0 Å². The highest BCUT2D eigenvalue weighted by atomic mass is 35.5. The molecule has 2 N–H and O–H groups in total. The maximum absolute atomic E-state index is 5.66. The number of halogens is 2. The minimum atomic E-state index is 0. The van der Waals surface area contributed by atoms with E-state index in [4.69, 9.17) is 11.6 Å². The van der Waals surface area contributed by atoms with Crippen molar-refractivity contribution in [2.75, 3.05) is 20.0 Å². The number of rotatable bonds is 12. The fraction of sp³-hybridized carbons (Fsp3) is 0.619. The van der Waals surface area contributed by atoms with Crippen LogP contribution in [-0.4, -0.2) is 20.0 Å². The molecule has 24 heavy (non-hydrogen) atoms. The molecule has 0 radical (unpaired) electrons. The molecule has 0 fully saturated rings. The number of quaternary nitrogens is 1. The lowest BCUT2D eigenvalue weighted by Gasteiger charge is -2.01. The number of allylic oxidation sites excluding steroid dienone is 1. The monoisotopic (exact) mass is 373 g/mol. The number of alkyl halides is 1. The zero-order valence-corrected chi connectivity index (χ0v) is 17.2. The first-order valence-corrected chi connectivity index (χ1v) is 9.90. The van der Waals surface area contributed by atoms with E-state index in [0.717, 1.165) is 5.88 Å². The molecule has 1 nitrogen and oxygen atoms in total. The molecule has 0 aliphatic rings. The standard InChI is InChI=1S/C19H29Cl.C2H7N.ClH/c20-18-14-9-7-5-3-1-2-4-6-8-11-15-19-16-12-10-13-17-19;1-3-2;/h10-13,15-17H,1-9,14,18H2;3H,1-2H3;1H. The van der Waals surface area contributed by atoms with Crippen LogP contribution in [-0.2, 0) is 0 Å². The molecule has 0 spiro atoms. The Labute approximate surface area is 161 Å². The van der Waals surface area contributed by atoms with Crippen LogP contribution in [0.15, 0.2) is 36.4 Å². The molecule has 1 aromatic rings. The first-order valence-electron chi connectivity index (χ1n) is 9.36. The van der Waals surface area contributed by atoms with Gasteiger partial charge in [0, 0.05) is 5.88 Å². The average molecular weight is 374 g/mol. The molecule has 0 saturated carbocycles. The van der Waals surface area contributed by atoms with Crippen molar-refractivity contribution >= 4 is 17.7 Å². The fourth-order valence-electron chi connectivity index (χ4n) is 2.38. The second-order valence-corrected chi connectivity index (χ2v) is 6.43. The second-order valence-electron chi connectivity index (χ2n) is 6.05. The highest BCUT2D eigenvalue weighted by molar-refractivity contribution is 6.17. The topological polar surface area (TPSA) is 16.6 Å². The number of nitrogens with two attached hydrogens (primary N) is 1. The minimum absolute atomic E-state index is 0. The Morgan fingerprint density at radius 1 is 0.792 bits per heavy atom. The summed E-state index contributed by atoms with van der Waals surface area (Å²) in [6.07, 6.45) is 17.9. The Morgan fingerprint density at radius 3 is 1.75 bits per heavy atom. The summed E-state index contributed by atoms with van der Waals surface area (Å²) in [6.45, 7) is 0. The molecular formula is C21H37Cl2N. The van der Waals surface area contributed by atoms with Crippen molar-refractivity contribution in [1.82, 2.24) is 0 Å². The van der Waals surface area contributed by atoms with Gasteiger partial charge < -0.3 is 17.7 Å². The molecule has 0 atom stereocenters. The third kappa shape index (κ3) is 19.5. The van der Waals surface area contributed by atoms with Crippen LogP contribution < -0.4 is 17.7 Å². The molecule has 0 aromatic heterocycles. The van der Waals surface area contributed by atoms with Crippen LogP contribution in [0.4, 0.5) is 0 Å². The smallest absolute Gasteiger partial charge is 0.0647 e. The predicted molar refractivity (Wildman–Crippen MR) is 106 cm³/mol. The summed E-state index contributed by atoms with van der Waals surface area (Å²) in [7, 11) is 4.00. The summed E-state index contributed by atoms with van der Waals surface area (Å²) in [4.78, 5) is 0. The largest absolute Gasteiger partial charge is 1.00 e. The SMILES string of the molecule is C[NH2+]C.ClCCCCCCCCCCCC=Cc1ccccc1.[Cl-]. The van der Waals surface area contributed by atoms with Crippen LogP contribution in [0.5, 0.6) is 0 Å². The Kier molecular flexibility index (Phi) is 24.1. The maximum atomic E-state index is 5.66. The van der Waals surface area contributed by atoms with Gasteiger partial charge in [-0.15, -0.1) is 11.6 Å². The van der Waals surface area contributed by atoms with Crippen molar-refractivity contribution in [3.8, 4) is 0 Å². The van der Waals surface area contributed by atoms with Gasteiger partial charge in [0.25, 0.3) is 0 Å². The van der Waals surface area contributed by atoms with Crippen molar-refractivity contribution in [1.29, 1.82) is 0 Å². The van der Waals surface area contributed by atoms with Crippen LogP contribution in [0.3, 0.4) is 0 Å². The van der Waals surface area contributed by atoms with Gasteiger partial charge in [-0.05, 0) is 24.8 Å². The van der Waals surface area contributed by atoms with Crippen molar-refractivity contribution < 1.29 is 17.7 Å². The molecule has 0 aliphatic heterocycles. The summed E-state index contributed by atoms with van der Waals surface area (Å²) in [5.41, 5.74) is 1.31. The molecule has 140 valence electrons. The fourth-order valence-corrected chi connectivity index (χ4v) is 2.57. The highest BCUT2D eigenvalue weighted by Crippen LogP contribution is 2.11. The predicted octanol–water partition coefficient (Wildman–Crippen LogP) is 2.65. The Bertz CT molecular complexity index is 352. The molecule has 0 saturated heterocycles. The second kappa shape index (κ2) is 22.5. The molecule has 0 unspecified atom stereocenters. The van der Waals surface area contributed by atoms with E-state index in [1.54, 1.807) is 0 Å². The van der Waals surface area contributed by atoms with Crippen molar-refractivity contribution in [3.63, 3.8) is 0 Å². The number of hydrogen-bond donors (Lipinski definition) is 1. The van der Waals surface area contributed by atoms with Crippen molar-refractivity contribution in [2.24, 2.45) is 0 Å². The van der Waals surface area contributed by atoms with Gasteiger partial charge in [-0.25, -0.2) is 0 Å². The van der Waals surface area contributed by atoms with E-state index < -0.39 is 0 Å². The average Bonchev–Trinajstić information content (AvgIpc) is 2.57. The van der Waals surface area contributed by atoms with E-state index in [2.05, 4.69) is 42.5 Å². The van der Waals surface area contributed by atoms with E-state index in [-0.39, 0.29) is 12.4 Å². The third-order valence-corrected chi connectivity index (χ3v) is 3.88. The summed E-state index contributed by atoms with van der Waals surface area (Å²) >= 11 is 5.66. The maximum Gasteiger partial charge on any atom is 0.0647 e. The summed E-state index contributed by atoms with van der Waals surface area (Å²) in [5, 5.41) is 2.00. The van der Waals surface area contributed by atoms with E-state index in [1.165, 1.54) is 69.8 Å². The summed E-state index contributed by atoms with van der Waals surface area (Å²) < 4.78 is 0. The van der Waals surface area contributed by atoms with E-state index in [0.29, 0.717) is 0 Å². The lowest BCUT2D eigenvalue weighted by molar-refractivity contribution is -0.597. The zero-order valence-electron chi connectivity index (χ0n) is 15.7. The van der Waals surface area contributed by atoms with Gasteiger partial charge in [0.2, 0.25) is 0 Å². The number of unbranched alkanes of at least 4 members (excludes halogenated alkanes) is 9. The highest BCUT2D eigenvalue weighted by Gasteiger charge is 1.92. The normalized spacial score (nSPS) is 10.1. The number of hydrogen-bond acceptors (Lipinski definition) is 0. The van der Waals surface area contributed by atoms with Gasteiger partial charge in [-0.3, -0.25) is 0 Å². The van der Waals surface area contributed by atoms with Gasteiger partial charge >= 0.3 is 0 Å². The Morgan fingerprint density at radius 2 is 1.25 bits per heavy atom. The lowest BCUT2D eigenvalue weighted by atomic mass is 10.1. The molecule has 1 aromatic carbocycles. The number of benzene rings is 1. The van der Waals surface area contributed by atoms with Gasteiger partial charge in [0.15, 0.2) is 0 Å². The quantitative estimate of drug-likeness (QED) is 0.428. The molecule has 0 amide bonds. The first kappa shape index (κ1) is 25.7. The first-order chi connectivity index (χ1) is 11.3. The van der Waals surface area contributed by atoms with Crippen LogP contribution >= 0.6 is 11.6 Å². The third-order valence-electron chi connectivity index (χ3n) is 3.61. The van der Waals surface area contributed by atoms with Gasteiger partial charge in [0.05, 0.1) is 14.1 Å².